The van der Waals surface area contributed by atoms with Gasteiger partial charge < -0.3 is 4.74 Å². The van der Waals surface area contributed by atoms with E-state index >= 15 is 0 Å². The number of aryl methyl sites for hydroxylation is 1. The Morgan fingerprint density at radius 2 is 1.96 bits per heavy atom. The van der Waals surface area contributed by atoms with Crippen LogP contribution in [0.2, 0.25) is 0 Å². The lowest BCUT2D eigenvalue weighted by Gasteiger charge is -2.26. The maximum Gasteiger partial charge on any atom is 0.163 e. The summed E-state index contributed by atoms with van der Waals surface area (Å²) in [6.45, 7) is 4.24. The van der Waals surface area contributed by atoms with Crippen LogP contribution in [-0.2, 0) is 12.8 Å². The van der Waals surface area contributed by atoms with E-state index in [-0.39, 0.29) is 18.1 Å². The molecular weight excluding hydrogens is 324 g/mol. The molecular formula is C21H26N4O. The number of hydrogen-bond donors (Lipinski definition) is 0. The van der Waals surface area contributed by atoms with Crippen LogP contribution in [0.4, 0.5) is 0 Å². The Kier molecular flexibility index (Phi) is 5.78. The first-order valence-corrected chi connectivity index (χ1v) is 9.65. The normalized spacial score (nSPS) is 25.2. The summed E-state index contributed by atoms with van der Waals surface area (Å²) in [5, 5.41) is 22.9. The molecule has 0 aromatic carbocycles. The minimum absolute atomic E-state index is 0.138. The van der Waals surface area contributed by atoms with Crippen LogP contribution in [0, 0.1) is 28.6 Å². The maximum absolute atomic E-state index is 9.08. The molecule has 1 fully saturated rings. The van der Waals surface area contributed by atoms with Crippen molar-refractivity contribution in [3.05, 3.63) is 35.2 Å². The third-order valence-electron chi connectivity index (χ3n) is 5.36. The van der Waals surface area contributed by atoms with Crippen LogP contribution in [-0.4, -0.2) is 15.9 Å². The molecule has 0 bridgehead atoms. The third kappa shape index (κ3) is 3.68. The number of aromatic nitrogens is 2. The molecule has 1 heterocycles. The monoisotopic (exact) mass is 350 g/mol. The molecule has 0 amide bonds. The zero-order valence-corrected chi connectivity index (χ0v) is 15.6. The highest BCUT2D eigenvalue weighted by molar-refractivity contribution is 5.39. The topological polar surface area (TPSA) is 74.6 Å². The van der Waals surface area contributed by atoms with Crippen LogP contribution in [0.25, 0.3) is 0 Å². The van der Waals surface area contributed by atoms with Crippen LogP contribution in [0.3, 0.4) is 0 Å². The Balaban J connectivity index is 1.81. The predicted octanol–water partition coefficient (Wildman–Crippen LogP) is 4.42. The Labute approximate surface area is 155 Å². The van der Waals surface area contributed by atoms with Gasteiger partial charge >= 0.3 is 0 Å². The summed E-state index contributed by atoms with van der Waals surface area (Å²) >= 11 is 0. The molecule has 1 atom stereocenters. The first kappa shape index (κ1) is 18.3. The highest BCUT2D eigenvalue weighted by Gasteiger charge is 2.27. The highest BCUT2D eigenvalue weighted by atomic mass is 16.5. The van der Waals surface area contributed by atoms with Gasteiger partial charge in [0, 0.05) is 11.5 Å². The average molecular weight is 350 g/mol. The van der Waals surface area contributed by atoms with Crippen molar-refractivity contribution in [2.75, 3.05) is 0 Å². The van der Waals surface area contributed by atoms with Crippen molar-refractivity contribution in [1.29, 1.82) is 10.5 Å². The molecule has 26 heavy (non-hydrogen) atoms. The van der Waals surface area contributed by atoms with Gasteiger partial charge in [-0.25, -0.2) is 0 Å². The van der Waals surface area contributed by atoms with Gasteiger partial charge in [-0.1, -0.05) is 26.0 Å². The molecule has 1 aromatic heterocycles. The number of nitrogens with zero attached hydrogens (tertiary/aromatic N) is 4. The van der Waals surface area contributed by atoms with Crippen molar-refractivity contribution < 1.29 is 4.74 Å². The van der Waals surface area contributed by atoms with Crippen LogP contribution >= 0.6 is 0 Å². The second kappa shape index (κ2) is 8.23. The first-order chi connectivity index (χ1) is 12.7. The molecule has 2 aliphatic rings. The van der Waals surface area contributed by atoms with Crippen LogP contribution < -0.4 is 4.74 Å². The lowest BCUT2D eigenvalue weighted by molar-refractivity contribution is 0.140. The van der Waals surface area contributed by atoms with E-state index < -0.39 is 0 Å². The maximum atomic E-state index is 9.08. The quantitative estimate of drug-likeness (QED) is 0.788. The molecule has 0 aliphatic heterocycles. The molecule has 1 saturated carbocycles. The summed E-state index contributed by atoms with van der Waals surface area (Å²) in [5.41, 5.74) is 2.85. The summed E-state index contributed by atoms with van der Waals surface area (Å²) in [4.78, 5) is 0. The third-order valence-corrected chi connectivity index (χ3v) is 5.36. The summed E-state index contributed by atoms with van der Waals surface area (Å²) in [6, 6.07) is 4.71. The van der Waals surface area contributed by atoms with Gasteiger partial charge in [0.05, 0.1) is 30.0 Å². The van der Waals surface area contributed by atoms with Gasteiger partial charge in [-0.05, 0) is 51.0 Å². The van der Waals surface area contributed by atoms with Gasteiger partial charge in [0.1, 0.15) is 5.69 Å². The highest BCUT2D eigenvalue weighted by Crippen LogP contribution is 2.34. The number of allylic oxidation sites excluding steroid dienone is 4. The Morgan fingerprint density at radius 1 is 1.19 bits per heavy atom. The number of nitriles is 2. The second-order valence-electron chi connectivity index (χ2n) is 7.03. The van der Waals surface area contributed by atoms with Gasteiger partial charge in [0.15, 0.2) is 5.75 Å². The largest absolute Gasteiger partial charge is 0.487 e. The van der Waals surface area contributed by atoms with Crippen molar-refractivity contribution in [1.82, 2.24) is 9.78 Å². The molecule has 0 N–H and O–H groups in total. The molecule has 0 spiro atoms. The Bertz CT molecular complexity index is 782. The standard InChI is InChI=1S/C21H26N4O/c1-3-19-21(26-18-11-7-16(14-23)8-12-18)20(4-2)25(24-19)17-9-5-15(13-22)6-10-17/h5-6,9,16-18H,3-4,7-8,10-12H2,1-2H3. The smallest absolute Gasteiger partial charge is 0.163 e. The van der Waals surface area contributed by atoms with E-state index in [1.165, 1.54) is 0 Å². The molecule has 0 radical (unpaired) electrons. The van der Waals surface area contributed by atoms with Crippen molar-refractivity contribution in [2.24, 2.45) is 5.92 Å². The zero-order chi connectivity index (χ0) is 18.5. The SMILES string of the molecule is CCc1nn(C2C=CC(C#N)=CC2)c(CC)c1OC1CCC(C#N)CC1. The zero-order valence-electron chi connectivity index (χ0n) is 15.6. The number of hydrogen-bond acceptors (Lipinski definition) is 4. The van der Waals surface area contributed by atoms with Crippen molar-refractivity contribution in [3.63, 3.8) is 0 Å². The van der Waals surface area contributed by atoms with Crippen LogP contribution in [0.5, 0.6) is 5.75 Å². The molecule has 1 unspecified atom stereocenters. The molecule has 136 valence electrons. The fraction of sp³-hybridized carbons (Fsp3) is 0.571. The minimum Gasteiger partial charge on any atom is -0.487 e. The summed E-state index contributed by atoms with van der Waals surface area (Å²) in [7, 11) is 0. The molecule has 5 heteroatoms. The summed E-state index contributed by atoms with van der Waals surface area (Å²) in [6.07, 6.45) is 12.3. The second-order valence-corrected chi connectivity index (χ2v) is 7.03. The van der Waals surface area contributed by atoms with Gasteiger partial charge in [0.2, 0.25) is 0 Å². The minimum atomic E-state index is 0.138. The average Bonchev–Trinajstić information content (AvgIpc) is 3.06. The van der Waals surface area contributed by atoms with Crippen molar-refractivity contribution in [2.45, 2.75) is 70.9 Å². The van der Waals surface area contributed by atoms with Crippen molar-refractivity contribution in [3.8, 4) is 17.9 Å². The molecule has 2 aliphatic carbocycles. The van der Waals surface area contributed by atoms with Crippen LogP contribution in [0.15, 0.2) is 23.8 Å². The number of ether oxygens (including phenoxy) is 1. The van der Waals surface area contributed by atoms with Gasteiger partial charge in [-0.15, -0.1) is 0 Å². The Hall–Kier alpha value is -2.53. The fourth-order valence-corrected chi connectivity index (χ4v) is 3.82. The van der Waals surface area contributed by atoms with E-state index in [0.29, 0.717) is 5.57 Å². The molecule has 5 nitrogen and oxygen atoms in total. The first-order valence-electron chi connectivity index (χ1n) is 9.65. The van der Waals surface area contributed by atoms with E-state index in [0.717, 1.165) is 62.1 Å². The molecule has 0 saturated heterocycles. The van der Waals surface area contributed by atoms with Gasteiger partial charge in [0.25, 0.3) is 0 Å². The van der Waals surface area contributed by atoms with E-state index in [4.69, 9.17) is 20.4 Å². The van der Waals surface area contributed by atoms with E-state index in [1.807, 2.05) is 12.2 Å². The predicted molar refractivity (Wildman–Crippen MR) is 99.5 cm³/mol. The lowest BCUT2D eigenvalue weighted by atomic mass is 9.88. The summed E-state index contributed by atoms with van der Waals surface area (Å²) < 4.78 is 8.50. The van der Waals surface area contributed by atoms with E-state index in [9.17, 15) is 0 Å². The Morgan fingerprint density at radius 3 is 2.50 bits per heavy atom. The lowest BCUT2D eigenvalue weighted by Crippen LogP contribution is -2.24. The molecule has 3 rings (SSSR count). The fourth-order valence-electron chi connectivity index (χ4n) is 3.82. The van der Waals surface area contributed by atoms with E-state index in [2.05, 4.69) is 36.7 Å². The molecule has 1 aromatic rings. The van der Waals surface area contributed by atoms with Crippen LogP contribution in [0.1, 0.15) is 63.4 Å². The van der Waals surface area contributed by atoms with E-state index in [1.54, 1.807) is 0 Å². The van der Waals surface area contributed by atoms with Crippen molar-refractivity contribution >= 4 is 0 Å². The summed E-state index contributed by atoms with van der Waals surface area (Å²) in [5.74, 6) is 1.13. The van der Waals surface area contributed by atoms with Gasteiger partial charge in [-0.2, -0.15) is 15.6 Å². The van der Waals surface area contributed by atoms with Gasteiger partial charge in [-0.3, -0.25) is 4.68 Å². The number of rotatable bonds is 5.